The van der Waals surface area contributed by atoms with Crippen LogP contribution < -0.4 is 10.5 Å². The van der Waals surface area contributed by atoms with E-state index < -0.39 is 17.8 Å². The van der Waals surface area contributed by atoms with Crippen LogP contribution in [0.3, 0.4) is 0 Å². The number of amides is 1. The number of ether oxygens (including phenoxy) is 1. The number of carbonyl (C=O) groups excluding carboxylic acids is 1. The molecule has 2 rings (SSSR count). The summed E-state index contributed by atoms with van der Waals surface area (Å²) in [7, 11) is 0. The number of para-hydroxylation sites is 1. The van der Waals surface area contributed by atoms with E-state index in [-0.39, 0.29) is 23.6 Å². The van der Waals surface area contributed by atoms with Gasteiger partial charge in [0.05, 0.1) is 5.56 Å². The van der Waals surface area contributed by atoms with Gasteiger partial charge in [-0.1, -0.05) is 12.1 Å². The second-order valence-corrected chi connectivity index (χ2v) is 5.93. The Morgan fingerprint density at radius 2 is 2.09 bits per heavy atom. The molecule has 0 saturated carbocycles. The predicted octanol–water partition coefficient (Wildman–Crippen LogP) is 2.67. The van der Waals surface area contributed by atoms with Crippen LogP contribution in [-0.4, -0.2) is 36.0 Å². The van der Waals surface area contributed by atoms with Crippen LogP contribution in [0.2, 0.25) is 0 Å². The van der Waals surface area contributed by atoms with Gasteiger partial charge in [0.25, 0.3) is 5.91 Å². The van der Waals surface area contributed by atoms with E-state index in [0.717, 1.165) is 12.5 Å². The molecule has 0 spiro atoms. The first kappa shape index (κ1) is 17.6. The largest absolute Gasteiger partial charge is 0.480 e. The molecule has 3 atom stereocenters. The maximum absolute atomic E-state index is 13.0. The molecule has 0 aliphatic carbocycles. The van der Waals surface area contributed by atoms with Gasteiger partial charge in [0.2, 0.25) is 0 Å². The van der Waals surface area contributed by atoms with Crippen molar-refractivity contribution in [3.05, 3.63) is 29.8 Å². The molecular weight excluding hydrogens is 309 g/mol. The van der Waals surface area contributed by atoms with E-state index in [2.05, 4.69) is 0 Å². The van der Waals surface area contributed by atoms with E-state index in [9.17, 15) is 18.0 Å². The number of alkyl halides is 3. The zero-order chi connectivity index (χ0) is 17.2. The highest BCUT2D eigenvalue weighted by Gasteiger charge is 2.37. The Balaban J connectivity index is 2.11. The van der Waals surface area contributed by atoms with E-state index >= 15 is 0 Å². The number of carbonyl (C=O) groups is 1. The van der Waals surface area contributed by atoms with Gasteiger partial charge in [-0.05, 0) is 44.9 Å². The summed E-state index contributed by atoms with van der Waals surface area (Å²) >= 11 is 0. The van der Waals surface area contributed by atoms with Gasteiger partial charge in [-0.2, -0.15) is 13.2 Å². The van der Waals surface area contributed by atoms with Gasteiger partial charge in [0.1, 0.15) is 5.75 Å². The molecular formula is C16H21F3N2O2. The summed E-state index contributed by atoms with van der Waals surface area (Å²) < 4.78 is 44.2. The van der Waals surface area contributed by atoms with Gasteiger partial charge >= 0.3 is 6.18 Å². The molecule has 1 fully saturated rings. The van der Waals surface area contributed by atoms with Crippen molar-refractivity contribution in [1.29, 1.82) is 0 Å². The first-order valence-electron chi connectivity index (χ1n) is 7.57. The average molecular weight is 330 g/mol. The molecule has 4 nitrogen and oxygen atoms in total. The summed E-state index contributed by atoms with van der Waals surface area (Å²) in [4.78, 5) is 14.1. The second-order valence-electron chi connectivity index (χ2n) is 5.93. The maximum atomic E-state index is 13.0. The van der Waals surface area contributed by atoms with Crippen molar-refractivity contribution in [2.75, 3.05) is 13.1 Å². The monoisotopic (exact) mass is 330 g/mol. The summed E-state index contributed by atoms with van der Waals surface area (Å²) in [6, 6.07) is 4.92. The first-order valence-corrected chi connectivity index (χ1v) is 7.57. The van der Waals surface area contributed by atoms with Crippen LogP contribution >= 0.6 is 0 Å². The average Bonchev–Trinajstić information content (AvgIpc) is 2.87. The minimum atomic E-state index is -4.52. The Morgan fingerprint density at radius 3 is 2.65 bits per heavy atom. The minimum Gasteiger partial charge on any atom is -0.480 e. The molecule has 2 N–H and O–H groups in total. The van der Waals surface area contributed by atoms with E-state index in [0.29, 0.717) is 13.1 Å². The standard InChI is InChI=1S/C16H21F3N2O2/c1-10-7-12(8-20)9-21(10)15(22)11(2)23-14-6-4-3-5-13(14)16(17,18)19/h3-6,10-12H,7-9,20H2,1-2H3. The fourth-order valence-electron chi connectivity index (χ4n) is 2.90. The molecule has 0 aromatic heterocycles. The van der Waals surface area contributed by atoms with Crippen molar-refractivity contribution < 1.29 is 22.7 Å². The third-order valence-electron chi connectivity index (χ3n) is 4.12. The molecule has 1 heterocycles. The van der Waals surface area contributed by atoms with Gasteiger partial charge < -0.3 is 15.4 Å². The number of halogens is 3. The van der Waals surface area contributed by atoms with Crippen LogP contribution in [0.25, 0.3) is 0 Å². The van der Waals surface area contributed by atoms with Crippen molar-refractivity contribution in [3.63, 3.8) is 0 Å². The highest BCUT2D eigenvalue weighted by molar-refractivity contribution is 5.81. The summed E-state index contributed by atoms with van der Waals surface area (Å²) in [5, 5.41) is 0. The molecule has 23 heavy (non-hydrogen) atoms. The van der Waals surface area contributed by atoms with Gasteiger partial charge in [-0.15, -0.1) is 0 Å². The molecule has 1 aromatic rings. The van der Waals surface area contributed by atoms with Gasteiger partial charge in [0, 0.05) is 12.6 Å². The van der Waals surface area contributed by atoms with Gasteiger partial charge in [0.15, 0.2) is 6.10 Å². The summed E-state index contributed by atoms with van der Waals surface area (Å²) in [6.07, 6.45) is -4.71. The Kier molecular flexibility index (Phi) is 5.19. The lowest BCUT2D eigenvalue weighted by Crippen LogP contribution is -2.42. The minimum absolute atomic E-state index is 0.0139. The van der Waals surface area contributed by atoms with Crippen LogP contribution in [0.5, 0.6) is 5.75 Å². The van der Waals surface area contributed by atoms with Crippen LogP contribution in [-0.2, 0) is 11.0 Å². The third-order valence-corrected chi connectivity index (χ3v) is 4.12. The van der Waals surface area contributed by atoms with Crippen molar-refractivity contribution in [3.8, 4) is 5.75 Å². The molecule has 7 heteroatoms. The van der Waals surface area contributed by atoms with Crippen LogP contribution in [0.4, 0.5) is 13.2 Å². The number of hydrogen-bond donors (Lipinski definition) is 1. The predicted molar refractivity (Wildman–Crippen MR) is 79.9 cm³/mol. The third kappa shape index (κ3) is 3.96. The molecule has 1 aromatic carbocycles. The SMILES string of the molecule is CC(Oc1ccccc1C(F)(F)F)C(=O)N1CC(CN)CC1C. The van der Waals surface area contributed by atoms with Gasteiger partial charge in [-0.3, -0.25) is 4.79 Å². The maximum Gasteiger partial charge on any atom is 0.419 e. The number of likely N-dealkylation sites (tertiary alicyclic amines) is 1. The lowest BCUT2D eigenvalue weighted by molar-refractivity contribution is -0.143. The number of hydrogen-bond acceptors (Lipinski definition) is 3. The van der Waals surface area contributed by atoms with Crippen LogP contribution in [0.1, 0.15) is 25.8 Å². The Morgan fingerprint density at radius 1 is 1.43 bits per heavy atom. The molecule has 1 amide bonds. The Labute approximate surface area is 133 Å². The zero-order valence-electron chi connectivity index (χ0n) is 13.1. The fourth-order valence-corrected chi connectivity index (χ4v) is 2.90. The number of nitrogens with two attached hydrogens (primary N) is 1. The molecule has 1 aliphatic rings. The van der Waals surface area contributed by atoms with E-state index in [1.54, 1.807) is 4.90 Å². The topological polar surface area (TPSA) is 55.6 Å². The molecule has 0 bridgehead atoms. The fraction of sp³-hybridized carbons (Fsp3) is 0.562. The highest BCUT2D eigenvalue weighted by atomic mass is 19.4. The molecule has 1 saturated heterocycles. The summed E-state index contributed by atoms with van der Waals surface area (Å²) in [5.74, 6) is -0.419. The Hall–Kier alpha value is -1.76. The lowest BCUT2D eigenvalue weighted by atomic mass is 10.1. The van der Waals surface area contributed by atoms with Crippen molar-refractivity contribution in [2.45, 2.75) is 38.6 Å². The first-order chi connectivity index (χ1) is 10.7. The normalized spacial score (nSPS) is 23.0. The zero-order valence-corrected chi connectivity index (χ0v) is 13.1. The van der Waals surface area contributed by atoms with Crippen molar-refractivity contribution >= 4 is 5.91 Å². The van der Waals surface area contributed by atoms with Crippen molar-refractivity contribution in [2.24, 2.45) is 11.7 Å². The number of rotatable bonds is 4. The lowest BCUT2D eigenvalue weighted by Gasteiger charge is -2.26. The van der Waals surface area contributed by atoms with E-state index in [1.165, 1.54) is 25.1 Å². The molecule has 0 radical (unpaired) electrons. The quantitative estimate of drug-likeness (QED) is 0.923. The summed E-state index contributed by atoms with van der Waals surface area (Å²) in [5.41, 5.74) is 4.75. The van der Waals surface area contributed by atoms with Crippen LogP contribution in [0.15, 0.2) is 24.3 Å². The van der Waals surface area contributed by atoms with Crippen LogP contribution in [0, 0.1) is 5.92 Å². The Bertz CT molecular complexity index is 563. The van der Waals surface area contributed by atoms with E-state index in [1.807, 2.05) is 6.92 Å². The smallest absolute Gasteiger partial charge is 0.419 e. The molecule has 128 valence electrons. The number of nitrogens with zero attached hydrogens (tertiary/aromatic N) is 1. The summed E-state index contributed by atoms with van der Waals surface area (Å²) in [6.45, 7) is 4.38. The van der Waals surface area contributed by atoms with E-state index in [4.69, 9.17) is 10.5 Å². The molecule has 1 aliphatic heterocycles. The molecule has 3 unspecified atom stereocenters. The second kappa shape index (κ2) is 6.78. The number of benzene rings is 1. The van der Waals surface area contributed by atoms with Crippen molar-refractivity contribution in [1.82, 2.24) is 4.90 Å². The van der Waals surface area contributed by atoms with Gasteiger partial charge in [-0.25, -0.2) is 0 Å². The highest BCUT2D eigenvalue weighted by Crippen LogP contribution is 2.36.